The molecular formula is C20H18N2O4. The zero-order valence-corrected chi connectivity index (χ0v) is 14.3. The van der Waals surface area contributed by atoms with Gasteiger partial charge in [-0.25, -0.2) is 5.43 Å². The van der Waals surface area contributed by atoms with E-state index in [-0.39, 0.29) is 16.9 Å². The van der Waals surface area contributed by atoms with E-state index in [0.29, 0.717) is 28.9 Å². The predicted octanol–water partition coefficient (Wildman–Crippen LogP) is 3.35. The maximum absolute atomic E-state index is 12.3. The number of para-hydroxylation sites is 1. The average Bonchev–Trinajstić information content (AvgIpc) is 2.68. The van der Waals surface area contributed by atoms with Crippen LogP contribution in [0.15, 0.2) is 69.1 Å². The largest absolute Gasteiger partial charge is 0.494 e. The van der Waals surface area contributed by atoms with Gasteiger partial charge in [0.2, 0.25) is 5.43 Å². The van der Waals surface area contributed by atoms with Crippen molar-refractivity contribution in [3.05, 3.63) is 76.1 Å². The third-order valence-corrected chi connectivity index (χ3v) is 3.67. The molecule has 1 amide bonds. The molecule has 26 heavy (non-hydrogen) atoms. The van der Waals surface area contributed by atoms with Crippen molar-refractivity contribution >= 4 is 23.1 Å². The Morgan fingerprint density at radius 3 is 2.73 bits per heavy atom. The molecule has 0 saturated heterocycles. The molecule has 1 N–H and O–H groups in total. The van der Waals surface area contributed by atoms with E-state index in [1.165, 1.54) is 12.5 Å². The summed E-state index contributed by atoms with van der Waals surface area (Å²) in [5.74, 6) is 0.328. The third-order valence-electron chi connectivity index (χ3n) is 3.67. The van der Waals surface area contributed by atoms with Crippen LogP contribution in [0.25, 0.3) is 11.0 Å². The fourth-order valence-corrected chi connectivity index (χ4v) is 2.33. The predicted molar refractivity (Wildman–Crippen MR) is 99.8 cm³/mol. The van der Waals surface area contributed by atoms with Crippen molar-refractivity contribution in [1.82, 2.24) is 5.43 Å². The second-order valence-corrected chi connectivity index (χ2v) is 5.59. The van der Waals surface area contributed by atoms with Crippen molar-refractivity contribution < 1.29 is 13.9 Å². The minimum absolute atomic E-state index is 0.206. The fraction of sp³-hybridized carbons (Fsp3) is 0.150. The zero-order valence-electron chi connectivity index (χ0n) is 14.3. The van der Waals surface area contributed by atoms with E-state index in [0.717, 1.165) is 6.42 Å². The molecule has 0 saturated carbocycles. The third kappa shape index (κ3) is 3.97. The van der Waals surface area contributed by atoms with E-state index in [2.05, 4.69) is 10.5 Å². The zero-order chi connectivity index (χ0) is 18.4. The first kappa shape index (κ1) is 17.4. The Morgan fingerprint density at radius 2 is 1.96 bits per heavy atom. The lowest BCUT2D eigenvalue weighted by Crippen LogP contribution is -2.18. The first-order valence-electron chi connectivity index (χ1n) is 8.26. The first-order chi connectivity index (χ1) is 12.7. The minimum Gasteiger partial charge on any atom is -0.494 e. The summed E-state index contributed by atoms with van der Waals surface area (Å²) in [6, 6.07) is 13.7. The molecule has 6 heteroatoms. The van der Waals surface area contributed by atoms with Crippen molar-refractivity contribution in [1.29, 1.82) is 0 Å². The summed E-state index contributed by atoms with van der Waals surface area (Å²) in [6.07, 6.45) is 3.51. The number of fused-ring (bicyclic) bond motifs is 1. The molecule has 0 aliphatic rings. The van der Waals surface area contributed by atoms with Crippen molar-refractivity contribution in [3.8, 4) is 5.75 Å². The summed E-state index contributed by atoms with van der Waals surface area (Å²) >= 11 is 0. The van der Waals surface area contributed by atoms with Gasteiger partial charge in [-0.2, -0.15) is 5.10 Å². The molecule has 0 radical (unpaired) electrons. The van der Waals surface area contributed by atoms with Crippen LogP contribution in [0.2, 0.25) is 0 Å². The maximum Gasteiger partial charge on any atom is 0.271 e. The number of carbonyl (C=O) groups is 1. The number of hydrazone groups is 1. The Bertz CT molecular complexity index is 991. The molecule has 1 heterocycles. The maximum atomic E-state index is 12.3. The van der Waals surface area contributed by atoms with Crippen molar-refractivity contribution in [3.63, 3.8) is 0 Å². The van der Waals surface area contributed by atoms with Gasteiger partial charge in [0.05, 0.1) is 23.8 Å². The SMILES string of the molecule is CCCOc1ccc(C(=O)NN=Cc2coc3ccccc3c2=O)cc1. The minimum atomic E-state index is -0.381. The summed E-state index contributed by atoms with van der Waals surface area (Å²) in [6.45, 7) is 2.65. The lowest BCUT2D eigenvalue weighted by molar-refractivity contribution is 0.0955. The second kappa shape index (κ2) is 8.11. The van der Waals surface area contributed by atoms with Gasteiger partial charge in [-0.15, -0.1) is 0 Å². The van der Waals surface area contributed by atoms with Gasteiger partial charge in [-0.3, -0.25) is 9.59 Å². The van der Waals surface area contributed by atoms with E-state index < -0.39 is 0 Å². The molecule has 3 rings (SSSR count). The van der Waals surface area contributed by atoms with Gasteiger partial charge in [-0.05, 0) is 42.8 Å². The van der Waals surface area contributed by atoms with E-state index in [4.69, 9.17) is 9.15 Å². The molecular weight excluding hydrogens is 332 g/mol. The van der Waals surface area contributed by atoms with Crippen LogP contribution in [-0.2, 0) is 0 Å². The van der Waals surface area contributed by atoms with Crippen LogP contribution in [0.4, 0.5) is 0 Å². The van der Waals surface area contributed by atoms with Crippen LogP contribution in [0, 0.1) is 0 Å². The van der Waals surface area contributed by atoms with Crippen LogP contribution < -0.4 is 15.6 Å². The molecule has 0 atom stereocenters. The van der Waals surface area contributed by atoms with E-state index in [1.807, 2.05) is 6.92 Å². The van der Waals surface area contributed by atoms with Gasteiger partial charge in [0.15, 0.2) is 0 Å². The molecule has 0 unspecified atom stereocenters. The van der Waals surface area contributed by atoms with E-state index >= 15 is 0 Å². The molecule has 0 fully saturated rings. The van der Waals surface area contributed by atoms with Crippen molar-refractivity contribution in [2.45, 2.75) is 13.3 Å². The highest BCUT2D eigenvalue weighted by atomic mass is 16.5. The quantitative estimate of drug-likeness (QED) is 0.546. The average molecular weight is 350 g/mol. The van der Waals surface area contributed by atoms with Crippen molar-refractivity contribution in [2.75, 3.05) is 6.61 Å². The molecule has 132 valence electrons. The molecule has 0 aliphatic carbocycles. The smallest absolute Gasteiger partial charge is 0.271 e. The molecule has 2 aromatic carbocycles. The number of nitrogens with one attached hydrogen (secondary N) is 1. The normalized spacial score (nSPS) is 11.0. The highest BCUT2D eigenvalue weighted by Gasteiger charge is 2.06. The lowest BCUT2D eigenvalue weighted by atomic mass is 10.2. The van der Waals surface area contributed by atoms with Crippen molar-refractivity contribution in [2.24, 2.45) is 5.10 Å². The topological polar surface area (TPSA) is 80.9 Å². The van der Waals surface area contributed by atoms with E-state index in [9.17, 15) is 9.59 Å². The van der Waals surface area contributed by atoms with Gasteiger partial charge in [-0.1, -0.05) is 19.1 Å². The Labute approximate surface area is 150 Å². The van der Waals surface area contributed by atoms with Crippen LogP contribution in [0.1, 0.15) is 29.3 Å². The summed E-state index contributed by atoms with van der Waals surface area (Å²) in [5, 5.41) is 4.31. The Balaban J connectivity index is 1.67. The second-order valence-electron chi connectivity index (χ2n) is 5.59. The molecule has 0 bridgehead atoms. The molecule has 3 aromatic rings. The Hall–Kier alpha value is -3.41. The number of rotatable bonds is 6. The molecule has 1 aromatic heterocycles. The summed E-state index contributed by atoms with van der Waals surface area (Å²) < 4.78 is 10.9. The number of hydrogen-bond donors (Lipinski definition) is 1. The lowest BCUT2D eigenvalue weighted by Gasteiger charge is -2.05. The summed E-state index contributed by atoms with van der Waals surface area (Å²) in [4.78, 5) is 24.4. The van der Waals surface area contributed by atoms with Gasteiger partial charge >= 0.3 is 0 Å². The Morgan fingerprint density at radius 1 is 1.19 bits per heavy atom. The van der Waals surface area contributed by atoms with Gasteiger partial charge < -0.3 is 9.15 Å². The number of hydrogen-bond acceptors (Lipinski definition) is 5. The van der Waals surface area contributed by atoms with Gasteiger partial charge in [0, 0.05) is 5.56 Å². The number of benzene rings is 2. The first-order valence-corrected chi connectivity index (χ1v) is 8.26. The summed E-state index contributed by atoms with van der Waals surface area (Å²) in [7, 11) is 0. The number of amides is 1. The van der Waals surface area contributed by atoms with Gasteiger partial charge in [0.25, 0.3) is 5.91 Å². The highest BCUT2D eigenvalue weighted by molar-refractivity contribution is 5.95. The molecule has 6 nitrogen and oxygen atoms in total. The fourth-order valence-electron chi connectivity index (χ4n) is 2.33. The van der Waals surface area contributed by atoms with Crippen LogP contribution in [-0.4, -0.2) is 18.7 Å². The van der Waals surface area contributed by atoms with Gasteiger partial charge in [0.1, 0.15) is 17.6 Å². The monoisotopic (exact) mass is 350 g/mol. The Kier molecular flexibility index (Phi) is 5.43. The van der Waals surface area contributed by atoms with E-state index in [1.54, 1.807) is 48.5 Å². The van der Waals surface area contributed by atoms with Crippen LogP contribution >= 0.6 is 0 Å². The van der Waals surface area contributed by atoms with Crippen LogP contribution in [0.3, 0.4) is 0 Å². The number of ether oxygens (including phenoxy) is 1. The summed E-state index contributed by atoms with van der Waals surface area (Å²) in [5.41, 5.74) is 3.39. The number of nitrogens with zero attached hydrogens (tertiary/aromatic N) is 1. The highest BCUT2D eigenvalue weighted by Crippen LogP contribution is 2.12. The molecule has 0 aliphatic heterocycles. The van der Waals surface area contributed by atoms with Crippen LogP contribution in [0.5, 0.6) is 5.75 Å². The number of carbonyl (C=O) groups excluding carboxylic acids is 1. The standard InChI is InChI=1S/C20H18N2O4/c1-2-11-25-16-9-7-14(8-10-16)20(24)22-21-12-15-13-26-18-6-4-3-5-17(18)19(15)23/h3-10,12-13H,2,11H2,1H3,(H,22,24). The molecule has 0 spiro atoms.